The van der Waals surface area contributed by atoms with Gasteiger partial charge in [0.2, 0.25) is 5.91 Å². The molecule has 0 saturated heterocycles. The Morgan fingerprint density at radius 2 is 1.53 bits per heavy atom. The summed E-state index contributed by atoms with van der Waals surface area (Å²) >= 11 is 0. The number of anilines is 1. The fraction of sp³-hybridized carbons (Fsp3) is 0.286. The molecule has 0 bridgehead atoms. The summed E-state index contributed by atoms with van der Waals surface area (Å²) < 4.78 is 5.47. The maximum Gasteiger partial charge on any atom is 0.408 e. The normalized spacial score (nSPS) is 12.7. The number of hydrogen-bond donors (Lipinski definition) is 3. The number of aryl methyl sites for hydroxylation is 1. The van der Waals surface area contributed by atoms with Crippen LogP contribution in [-0.2, 0) is 20.7 Å². The summed E-state index contributed by atoms with van der Waals surface area (Å²) in [5.41, 5.74) is 2.08. The van der Waals surface area contributed by atoms with Gasteiger partial charge in [-0.1, -0.05) is 66.7 Å². The van der Waals surface area contributed by atoms with Gasteiger partial charge in [0, 0.05) is 18.7 Å². The molecule has 0 aliphatic heterocycles. The van der Waals surface area contributed by atoms with E-state index in [1.807, 2.05) is 73.7 Å². The maximum absolute atomic E-state index is 14.3. The van der Waals surface area contributed by atoms with Crippen molar-refractivity contribution >= 4 is 34.4 Å². The molecule has 0 fully saturated rings. The van der Waals surface area contributed by atoms with Gasteiger partial charge in [-0.05, 0) is 86.3 Å². The number of phenolic OH excluding ortho intramolecular Hbond substituents is 1. The van der Waals surface area contributed by atoms with E-state index in [4.69, 9.17) is 4.74 Å². The van der Waals surface area contributed by atoms with Gasteiger partial charge in [0.25, 0.3) is 5.91 Å². The van der Waals surface area contributed by atoms with Gasteiger partial charge >= 0.3 is 6.09 Å². The molecule has 4 aromatic rings. The number of aromatic hydroxyl groups is 1. The number of alkyl carbamates (subject to hydrolysis) is 1. The SMILES string of the molecule is CCN(C(=O)C(Cc1ccc(O)cc1)NC(=O)OC(C)(C)C)C(C(=O)Nc1ccc2ccccc2c1)c1ccccc1C. The van der Waals surface area contributed by atoms with Crippen molar-refractivity contribution in [3.05, 3.63) is 108 Å². The van der Waals surface area contributed by atoms with Crippen LogP contribution in [0.2, 0.25) is 0 Å². The van der Waals surface area contributed by atoms with Crippen LogP contribution in [0.5, 0.6) is 5.75 Å². The molecule has 43 heavy (non-hydrogen) atoms. The molecule has 4 rings (SSSR count). The molecule has 2 unspecified atom stereocenters. The van der Waals surface area contributed by atoms with Crippen molar-refractivity contribution in [2.24, 2.45) is 0 Å². The molecule has 224 valence electrons. The lowest BCUT2D eigenvalue weighted by Gasteiger charge is -2.34. The van der Waals surface area contributed by atoms with Gasteiger partial charge in [0.1, 0.15) is 23.4 Å². The molecule has 8 heteroatoms. The Morgan fingerprint density at radius 1 is 0.884 bits per heavy atom. The van der Waals surface area contributed by atoms with E-state index < -0.39 is 29.7 Å². The number of rotatable bonds is 9. The molecule has 0 spiro atoms. The summed E-state index contributed by atoms with van der Waals surface area (Å²) in [7, 11) is 0. The van der Waals surface area contributed by atoms with Crippen molar-refractivity contribution in [2.45, 2.75) is 58.7 Å². The average Bonchev–Trinajstić information content (AvgIpc) is 2.96. The molecule has 0 aliphatic rings. The van der Waals surface area contributed by atoms with Crippen LogP contribution >= 0.6 is 0 Å². The van der Waals surface area contributed by atoms with Crippen molar-refractivity contribution in [3.8, 4) is 5.75 Å². The number of nitrogens with one attached hydrogen (secondary N) is 2. The number of phenols is 1. The van der Waals surface area contributed by atoms with E-state index in [1.54, 1.807) is 39.8 Å². The zero-order valence-electron chi connectivity index (χ0n) is 25.3. The first kappa shape index (κ1) is 31.1. The van der Waals surface area contributed by atoms with Gasteiger partial charge in [0.15, 0.2) is 0 Å². The molecule has 0 aromatic heterocycles. The lowest BCUT2D eigenvalue weighted by atomic mass is 9.97. The Hall–Kier alpha value is -4.85. The highest BCUT2D eigenvalue weighted by Crippen LogP contribution is 2.28. The summed E-state index contributed by atoms with van der Waals surface area (Å²) in [6.07, 6.45) is -0.615. The second kappa shape index (κ2) is 13.4. The molecule has 2 atom stereocenters. The van der Waals surface area contributed by atoms with Crippen molar-refractivity contribution in [1.82, 2.24) is 10.2 Å². The van der Waals surface area contributed by atoms with Crippen LogP contribution in [0.25, 0.3) is 10.8 Å². The lowest BCUT2D eigenvalue weighted by molar-refractivity contribution is -0.140. The number of benzene rings is 4. The minimum Gasteiger partial charge on any atom is -0.508 e. The fourth-order valence-electron chi connectivity index (χ4n) is 5.01. The van der Waals surface area contributed by atoms with Gasteiger partial charge < -0.3 is 25.4 Å². The molecule has 8 nitrogen and oxygen atoms in total. The monoisotopic (exact) mass is 581 g/mol. The summed E-state index contributed by atoms with van der Waals surface area (Å²) in [5.74, 6) is -0.726. The van der Waals surface area contributed by atoms with Crippen molar-refractivity contribution < 1.29 is 24.2 Å². The molecule has 4 aromatic carbocycles. The minimum absolute atomic E-state index is 0.0897. The number of nitrogens with zero attached hydrogens (tertiary/aromatic N) is 1. The van der Waals surface area contributed by atoms with Crippen LogP contribution in [0, 0.1) is 6.92 Å². The van der Waals surface area contributed by atoms with Crippen molar-refractivity contribution in [2.75, 3.05) is 11.9 Å². The minimum atomic E-state index is -1.04. The van der Waals surface area contributed by atoms with Crippen molar-refractivity contribution in [1.29, 1.82) is 0 Å². The molecule has 0 radical (unpaired) electrons. The number of carbonyl (C=O) groups excluding carboxylic acids is 3. The van der Waals surface area contributed by atoms with E-state index in [2.05, 4.69) is 10.6 Å². The summed E-state index contributed by atoms with van der Waals surface area (Å²) in [6.45, 7) is 9.13. The van der Waals surface area contributed by atoms with Gasteiger partial charge in [-0.15, -0.1) is 0 Å². The Balaban J connectivity index is 1.70. The number of likely N-dealkylation sites (N-methyl/N-ethyl adjacent to an activating group) is 1. The predicted octanol–water partition coefficient (Wildman–Crippen LogP) is 6.52. The van der Waals surface area contributed by atoms with Gasteiger partial charge in [0.05, 0.1) is 0 Å². The topological polar surface area (TPSA) is 108 Å². The second-order valence-electron chi connectivity index (χ2n) is 11.5. The smallest absolute Gasteiger partial charge is 0.408 e. The Bertz CT molecular complexity index is 1590. The lowest BCUT2D eigenvalue weighted by Crippen LogP contribution is -2.53. The molecule has 3 N–H and O–H groups in total. The largest absolute Gasteiger partial charge is 0.508 e. The molecular formula is C35H39N3O5. The van der Waals surface area contributed by atoms with Crippen molar-refractivity contribution in [3.63, 3.8) is 0 Å². The third-order valence-electron chi connectivity index (χ3n) is 7.05. The average molecular weight is 582 g/mol. The van der Waals surface area contributed by atoms with E-state index in [9.17, 15) is 19.5 Å². The van der Waals surface area contributed by atoms with Gasteiger partial charge in [-0.3, -0.25) is 9.59 Å². The van der Waals surface area contributed by atoms with E-state index in [-0.39, 0.29) is 24.6 Å². The number of carbonyl (C=O) groups is 3. The highest BCUT2D eigenvalue weighted by Gasteiger charge is 2.36. The fourth-order valence-corrected chi connectivity index (χ4v) is 5.01. The summed E-state index contributed by atoms with van der Waals surface area (Å²) in [4.78, 5) is 42.8. The third kappa shape index (κ3) is 8.13. The van der Waals surface area contributed by atoms with E-state index in [0.717, 1.165) is 21.9 Å². The highest BCUT2D eigenvalue weighted by molar-refractivity contribution is 6.00. The van der Waals surface area contributed by atoms with Gasteiger partial charge in [-0.2, -0.15) is 0 Å². The molecule has 3 amide bonds. The van der Waals surface area contributed by atoms with Crippen LogP contribution in [-0.4, -0.2) is 46.1 Å². The molecular weight excluding hydrogens is 542 g/mol. The molecule has 0 heterocycles. The van der Waals surface area contributed by atoms with Crippen LogP contribution in [0.15, 0.2) is 91.0 Å². The summed E-state index contributed by atoms with van der Waals surface area (Å²) in [5, 5.41) is 17.5. The van der Waals surface area contributed by atoms with Crippen LogP contribution < -0.4 is 10.6 Å². The zero-order chi connectivity index (χ0) is 31.1. The van der Waals surface area contributed by atoms with Crippen LogP contribution in [0.3, 0.4) is 0 Å². The first-order valence-corrected chi connectivity index (χ1v) is 14.4. The Morgan fingerprint density at radius 3 is 2.19 bits per heavy atom. The van der Waals surface area contributed by atoms with E-state index in [1.165, 1.54) is 17.0 Å². The number of ether oxygens (including phenoxy) is 1. The number of hydrogen-bond acceptors (Lipinski definition) is 5. The zero-order valence-corrected chi connectivity index (χ0v) is 25.3. The first-order valence-electron chi connectivity index (χ1n) is 14.4. The quantitative estimate of drug-likeness (QED) is 0.209. The second-order valence-corrected chi connectivity index (χ2v) is 11.5. The van der Waals surface area contributed by atoms with E-state index >= 15 is 0 Å². The summed E-state index contributed by atoms with van der Waals surface area (Å²) in [6, 6.07) is 25.4. The van der Waals surface area contributed by atoms with Crippen LogP contribution in [0.4, 0.5) is 10.5 Å². The first-order chi connectivity index (χ1) is 20.4. The Kier molecular flexibility index (Phi) is 9.70. The standard InChI is InChI=1S/C35H39N3O5/c1-6-38(33(41)30(37-34(42)43-35(3,4)5)21-24-15-19-28(39)20-16-24)31(29-14-10-7-11-23(29)2)32(40)36-27-18-17-25-12-8-9-13-26(25)22-27/h7-20,22,30-31,39H,6,21H2,1-5H3,(H,36,40)(H,37,42). The van der Waals surface area contributed by atoms with E-state index in [0.29, 0.717) is 11.3 Å². The third-order valence-corrected chi connectivity index (χ3v) is 7.05. The number of amides is 3. The van der Waals surface area contributed by atoms with Crippen LogP contribution in [0.1, 0.15) is 50.4 Å². The highest BCUT2D eigenvalue weighted by atomic mass is 16.6. The predicted molar refractivity (Wildman–Crippen MR) is 169 cm³/mol. The number of fused-ring (bicyclic) bond motifs is 1. The van der Waals surface area contributed by atoms with Gasteiger partial charge in [-0.25, -0.2) is 4.79 Å². The Labute approximate surface area is 252 Å². The molecule has 0 aliphatic carbocycles. The molecule has 0 saturated carbocycles. The maximum atomic E-state index is 14.3.